The molecule has 4 heteroatoms. The van der Waals surface area contributed by atoms with Crippen LogP contribution in [0.5, 0.6) is 0 Å². The highest BCUT2D eigenvalue weighted by atomic mass is 19.1. The van der Waals surface area contributed by atoms with E-state index in [1.165, 1.54) is 12.1 Å². The summed E-state index contributed by atoms with van der Waals surface area (Å²) in [6, 6.07) is 6.15. The van der Waals surface area contributed by atoms with Crippen LogP contribution in [0.1, 0.15) is 25.5 Å². The lowest BCUT2D eigenvalue weighted by atomic mass is 9.94. The van der Waals surface area contributed by atoms with Gasteiger partial charge < -0.3 is 4.74 Å². The summed E-state index contributed by atoms with van der Waals surface area (Å²) in [5.74, 6) is 5.60. The molecule has 0 aromatic heterocycles. The van der Waals surface area contributed by atoms with Crippen LogP contribution >= 0.6 is 0 Å². The molecule has 1 rings (SSSR count). The zero-order valence-electron chi connectivity index (χ0n) is 9.91. The van der Waals surface area contributed by atoms with E-state index in [9.17, 15) is 4.39 Å². The molecule has 0 bridgehead atoms. The van der Waals surface area contributed by atoms with Gasteiger partial charge in [0.15, 0.2) is 0 Å². The third-order valence-corrected chi connectivity index (χ3v) is 2.67. The van der Waals surface area contributed by atoms with Crippen LogP contribution in [0.15, 0.2) is 24.3 Å². The molecular formula is C12H19FN2O. The lowest BCUT2D eigenvalue weighted by Gasteiger charge is -2.28. The van der Waals surface area contributed by atoms with E-state index < -0.39 is 0 Å². The van der Waals surface area contributed by atoms with Gasteiger partial charge in [-0.15, -0.1) is 0 Å². The van der Waals surface area contributed by atoms with Gasteiger partial charge in [-0.1, -0.05) is 26.0 Å². The number of methoxy groups -OCH3 is 1. The quantitative estimate of drug-likeness (QED) is 0.596. The van der Waals surface area contributed by atoms with Crippen LogP contribution in [0.4, 0.5) is 4.39 Å². The Bertz CT molecular complexity index is 313. The molecule has 3 N–H and O–H groups in total. The molecule has 0 fully saturated rings. The summed E-state index contributed by atoms with van der Waals surface area (Å²) in [5, 5.41) is 0. The van der Waals surface area contributed by atoms with Crippen LogP contribution in [0.25, 0.3) is 0 Å². The molecule has 1 aromatic carbocycles. The highest BCUT2D eigenvalue weighted by molar-refractivity contribution is 5.21. The SMILES string of the molecule is COC(C(C)C)C(NN)c1ccc(F)cc1. The standard InChI is InChI=1S/C12H19FN2O/c1-8(2)12(16-3)11(15-14)9-4-6-10(13)7-5-9/h4-8,11-12,15H,14H2,1-3H3. The highest BCUT2D eigenvalue weighted by Crippen LogP contribution is 2.23. The van der Waals surface area contributed by atoms with Crippen LogP contribution in [-0.2, 0) is 4.74 Å². The number of rotatable bonds is 5. The molecule has 2 atom stereocenters. The number of hydrogen-bond donors (Lipinski definition) is 2. The molecule has 0 radical (unpaired) electrons. The summed E-state index contributed by atoms with van der Waals surface area (Å²) < 4.78 is 18.2. The van der Waals surface area contributed by atoms with Gasteiger partial charge in [-0.25, -0.2) is 4.39 Å². The highest BCUT2D eigenvalue weighted by Gasteiger charge is 2.24. The second-order valence-electron chi connectivity index (χ2n) is 4.14. The molecule has 0 heterocycles. The van der Waals surface area contributed by atoms with Crippen molar-refractivity contribution in [2.24, 2.45) is 11.8 Å². The molecule has 3 nitrogen and oxygen atoms in total. The Labute approximate surface area is 95.8 Å². The van der Waals surface area contributed by atoms with Crippen molar-refractivity contribution in [3.63, 3.8) is 0 Å². The van der Waals surface area contributed by atoms with Gasteiger partial charge in [0.2, 0.25) is 0 Å². The van der Waals surface area contributed by atoms with Gasteiger partial charge in [-0.3, -0.25) is 11.3 Å². The first-order chi connectivity index (χ1) is 7.60. The fourth-order valence-corrected chi connectivity index (χ4v) is 1.84. The number of nitrogens with two attached hydrogens (primary N) is 1. The van der Waals surface area contributed by atoms with Crippen molar-refractivity contribution in [2.75, 3.05) is 7.11 Å². The molecule has 0 aliphatic carbocycles. The molecule has 0 saturated heterocycles. The Balaban J connectivity index is 2.92. The fraction of sp³-hybridized carbons (Fsp3) is 0.500. The van der Waals surface area contributed by atoms with Crippen molar-refractivity contribution in [3.8, 4) is 0 Å². The Morgan fingerprint density at radius 1 is 1.25 bits per heavy atom. The Kier molecular flexibility index (Phi) is 4.86. The van der Waals surface area contributed by atoms with Crippen molar-refractivity contribution >= 4 is 0 Å². The molecule has 0 spiro atoms. The van der Waals surface area contributed by atoms with E-state index in [1.807, 2.05) is 0 Å². The third kappa shape index (κ3) is 3.01. The molecule has 90 valence electrons. The molecule has 0 amide bonds. The first-order valence-corrected chi connectivity index (χ1v) is 5.34. The molecule has 16 heavy (non-hydrogen) atoms. The average Bonchev–Trinajstić information content (AvgIpc) is 2.26. The average molecular weight is 226 g/mol. The Morgan fingerprint density at radius 3 is 2.19 bits per heavy atom. The molecule has 0 aliphatic rings. The van der Waals surface area contributed by atoms with E-state index in [2.05, 4.69) is 19.3 Å². The molecule has 0 aliphatic heterocycles. The van der Waals surface area contributed by atoms with Crippen molar-refractivity contribution in [1.29, 1.82) is 0 Å². The summed E-state index contributed by atoms with van der Waals surface area (Å²) in [7, 11) is 1.65. The van der Waals surface area contributed by atoms with Crippen LogP contribution < -0.4 is 11.3 Å². The topological polar surface area (TPSA) is 47.3 Å². The zero-order chi connectivity index (χ0) is 12.1. The van der Waals surface area contributed by atoms with Gasteiger partial charge in [0.1, 0.15) is 5.82 Å². The lowest BCUT2D eigenvalue weighted by Crippen LogP contribution is -2.40. The van der Waals surface area contributed by atoms with Crippen LogP contribution in [-0.4, -0.2) is 13.2 Å². The number of hydrazine groups is 1. The van der Waals surface area contributed by atoms with Gasteiger partial charge >= 0.3 is 0 Å². The number of nitrogens with one attached hydrogen (secondary N) is 1. The zero-order valence-corrected chi connectivity index (χ0v) is 9.91. The van der Waals surface area contributed by atoms with Crippen molar-refractivity contribution in [3.05, 3.63) is 35.6 Å². The summed E-state index contributed by atoms with van der Waals surface area (Å²) >= 11 is 0. The predicted molar refractivity (Wildman–Crippen MR) is 62.1 cm³/mol. The number of halogens is 1. The Hall–Kier alpha value is -0.970. The molecule has 0 saturated carbocycles. The largest absolute Gasteiger partial charge is 0.379 e. The predicted octanol–water partition coefficient (Wildman–Crippen LogP) is 2.00. The van der Waals surface area contributed by atoms with E-state index >= 15 is 0 Å². The summed E-state index contributed by atoms with van der Waals surface area (Å²) in [6.45, 7) is 4.12. The second kappa shape index (κ2) is 5.94. The summed E-state index contributed by atoms with van der Waals surface area (Å²) in [6.07, 6.45) is -0.0459. The minimum Gasteiger partial charge on any atom is -0.379 e. The normalized spacial score (nSPS) is 15.1. The first-order valence-electron chi connectivity index (χ1n) is 5.34. The second-order valence-corrected chi connectivity index (χ2v) is 4.14. The van der Waals surface area contributed by atoms with Gasteiger partial charge in [-0.05, 0) is 23.6 Å². The fourth-order valence-electron chi connectivity index (χ4n) is 1.84. The Morgan fingerprint density at radius 2 is 1.81 bits per heavy atom. The van der Waals surface area contributed by atoms with E-state index in [0.717, 1.165) is 5.56 Å². The van der Waals surface area contributed by atoms with Crippen molar-refractivity contribution < 1.29 is 9.13 Å². The van der Waals surface area contributed by atoms with Gasteiger partial charge in [0.05, 0.1) is 12.1 Å². The monoisotopic (exact) mass is 226 g/mol. The maximum absolute atomic E-state index is 12.8. The molecule has 2 unspecified atom stereocenters. The van der Waals surface area contributed by atoms with Crippen LogP contribution in [0.2, 0.25) is 0 Å². The van der Waals surface area contributed by atoms with Gasteiger partial charge in [0, 0.05) is 7.11 Å². The van der Waals surface area contributed by atoms with Crippen LogP contribution in [0.3, 0.4) is 0 Å². The van der Waals surface area contributed by atoms with E-state index in [1.54, 1.807) is 19.2 Å². The minimum atomic E-state index is -0.252. The first kappa shape index (κ1) is 13.1. The maximum atomic E-state index is 12.8. The minimum absolute atomic E-state index is 0.0459. The van der Waals surface area contributed by atoms with Gasteiger partial charge in [-0.2, -0.15) is 0 Å². The van der Waals surface area contributed by atoms with E-state index in [-0.39, 0.29) is 18.0 Å². The molecular weight excluding hydrogens is 207 g/mol. The number of benzene rings is 1. The summed E-state index contributed by atoms with van der Waals surface area (Å²) in [5.41, 5.74) is 3.64. The third-order valence-electron chi connectivity index (χ3n) is 2.67. The van der Waals surface area contributed by atoms with Crippen molar-refractivity contribution in [2.45, 2.75) is 26.0 Å². The lowest BCUT2D eigenvalue weighted by molar-refractivity contribution is 0.0326. The smallest absolute Gasteiger partial charge is 0.123 e. The summed E-state index contributed by atoms with van der Waals surface area (Å²) in [4.78, 5) is 0. The van der Waals surface area contributed by atoms with Crippen molar-refractivity contribution in [1.82, 2.24) is 5.43 Å². The number of ether oxygens (including phenoxy) is 1. The van der Waals surface area contributed by atoms with E-state index in [0.29, 0.717) is 5.92 Å². The number of hydrogen-bond acceptors (Lipinski definition) is 3. The molecule has 1 aromatic rings. The van der Waals surface area contributed by atoms with E-state index in [4.69, 9.17) is 10.6 Å². The maximum Gasteiger partial charge on any atom is 0.123 e. The van der Waals surface area contributed by atoms with Crippen LogP contribution in [0, 0.1) is 11.7 Å². The van der Waals surface area contributed by atoms with Gasteiger partial charge in [0.25, 0.3) is 0 Å².